The highest BCUT2D eigenvalue weighted by atomic mass is 28.5. The smallest absolute Gasteiger partial charge is 0.335 e. The molecule has 4 heterocycles. The third-order valence-corrected chi connectivity index (χ3v) is 17.7. The van der Waals surface area contributed by atoms with Crippen LogP contribution in [0.4, 0.5) is 4.39 Å². The van der Waals surface area contributed by atoms with E-state index in [-0.39, 0.29) is 39.8 Å². The van der Waals surface area contributed by atoms with Crippen molar-refractivity contribution in [2.45, 2.75) is 102 Å². The van der Waals surface area contributed by atoms with Gasteiger partial charge in [-0.1, -0.05) is 55.4 Å². The zero-order valence-corrected chi connectivity index (χ0v) is 23.7. The first-order chi connectivity index (χ1) is 16.4. The highest BCUT2D eigenvalue weighted by Crippen LogP contribution is 2.48. The van der Waals surface area contributed by atoms with Gasteiger partial charge in [0, 0.05) is 6.20 Å². The van der Waals surface area contributed by atoms with Gasteiger partial charge < -0.3 is 32.4 Å². The van der Waals surface area contributed by atoms with Crippen LogP contribution in [0, 0.1) is 5.82 Å². The maximum absolute atomic E-state index is 14.7. The number of nitrogens with zero attached hydrogens (tertiary/aromatic N) is 2. The molecule has 12 heteroatoms. The Morgan fingerprint density at radius 3 is 2.26 bits per heavy atom. The summed E-state index contributed by atoms with van der Waals surface area (Å²) in [5.41, 5.74) is 0.0377. The topological polar surface area (TPSA) is 108 Å². The summed E-state index contributed by atoms with van der Waals surface area (Å²) in [6.45, 7) is 17.2. The van der Waals surface area contributed by atoms with E-state index in [0.29, 0.717) is 0 Å². The number of rotatable bonds is 5. The Balaban J connectivity index is 1.80. The molecule has 196 valence electrons. The van der Waals surface area contributed by atoms with Gasteiger partial charge in [0.1, 0.15) is 23.7 Å². The van der Waals surface area contributed by atoms with Crippen LogP contribution >= 0.6 is 0 Å². The summed E-state index contributed by atoms with van der Waals surface area (Å²) < 4.78 is 43.1. The molecule has 0 unspecified atom stereocenters. The second kappa shape index (κ2) is 9.47. The molecule has 0 aromatic carbocycles. The van der Waals surface area contributed by atoms with E-state index in [1.807, 2.05) is 0 Å². The first-order valence-electron chi connectivity index (χ1n) is 12.4. The van der Waals surface area contributed by atoms with E-state index in [2.05, 4.69) is 65.4 Å². The molecule has 9 nitrogen and oxygen atoms in total. The fourth-order valence-electron chi connectivity index (χ4n) is 5.61. The molecule has 0 radical (unpaired) electrons. The molecule has 0 aliphatic carbocycles. The van der Waals surface area contributed by atoms with Gasteiger partial charge in [-0.15, -0.1) is 0 Å². The van der Waals surface area contributed by atoms with Gasteiger partial charge in [0.15, 0.2) is 17.7 Å². The number of H-pyrrole nitrogens is 1. The van der Waals surface area contributed by atoms with Gasteiger partial charge in [-0.3, -0.25) is 4.79 Å². The summed E-state index contributed by atoms with van der Waals surface area (Å²) >= 11 is 0. The Kier molecular flexibility index (Phi) is 7.21. The lowest BCUT2D eigenvalue weighted by Gasteiger charge is -2.51. The summed E-state index contributed by atoms with van der Waals surface area (Å²) in [6, 6.07) is 0. The molecule has 2 aliphatic rings. The number of fused-ring (bicyclic) bond motifs is 2. The van der Waals surface area contributed by atoms with Gasteiger partial charge in [-0.05, 0) is 22.2 Å². The molecule has 2 aromatic rings. The first kappa shape index (κ1) is 26.6. The molecule has 0 spiro atoms. The molecule has 2 fully saturated rings. The van der Waals surface area contributed by atoms with Crippen molar-refractivity contribution < 1.29 is 27.2 Å². The predicted molar refractivity (Wildman–Crippen MR) is 134 cm³/mol. The maximum Gasteiger partial charge on any atom is 0.335 e. The third-order valence-electron chi connectivity index (χ3n) is 7.48. The zero-order chi connectivity index (χ0) is 25.9. The van der Waals surface area contributed by atoms with Crippen LogP contribution in [0.1, 0.15) is 61.6 Å². The van der Waals surface area contributed by atoms with Crippen molar-refractivity contribution in [1.29, 1.82) is 0 Å². The third kappa shape index (κ3) is 4.16. The Morgan fingerprint density at radius 1 is 1.09 bits per heavy atom. The average molecular weight is 528 g/mol. The van der Waals surface area contributed by atoms with E-state index in [1.165, 1.54) is 10.9 Å². The van der Waals surface area contributed by atoms with Gasteiger partial charge in [0.25, 0.3) is 5.56 Å². The van der Waals surface area contributed by atoms with E-state index < -0.39 is 53.0 Å². The second-order valence-electron chi connectivity index (χ2n) is 10.9. The highest BCUT2D eigenvalue weighted by molar-refractivity contribution is 6.83. The number of nitrogens with one attached hydrogen (secondary N) is 1. The van der Waals surface area contributed by atoms with Crippen LogP contribution in [0.25, 0.3) is 11.0 Å². The van der Waals surface area contributed by atoms with Crippen molar-refractivity contribution in [3.63, 3.8) is 0 Å². The summed E-state index contributed by atoms with van der Waals surface area (Å²) in [5, 5.41) is 11.3. The Labute approximate surface area is 207 Å². The summed E-state index contributed by atoms with van der Waals surface area (Å²) in [4.78, 5) is 18.7. The maximum atomic E-state index is 14.7. The minimum absolute atomic E-state index is 0.0885. The van der Waals surface area contributed by atoms with Crippen molar-refractivity contribution >= 4 is 28.2 Å². The molecular weight excluding hydrogens is 489 g/mol. The molecule has 0 saturated carbocycles. The van der Waals surface area contributed by atoms with Crippen molar-refractivity contribution in [1.82, 2.24) is 14.5 Å². The number of aliphatic hydroxyl groups is 1. The fraction of sp³-hybridized carbons (Fsp3) is 0.739. The molecular formula is C23H38FN3O6Si2. The van der Waals surface area contributed by atoms with Crippen LogP contribution in [0.15, 0.2) is 17.3 Å². The van der Waals surface area contributed by atoms with Gasteiger partial charge in [0.05, 0.1) is 12.9 Å². The lowest BCUT2D eigenvalue weighted by Crippen LogP contribution is -2.65. The number of halogens is 1. The largest absolute Gasteiger partial charge is 0.414 e. The number of ether oxygens (including phenoxy) is 1. The van der Waals surface area contributed by atoms with Crippen LogP contribution in [-0.4, -0.2) is 61.7 Å². The Hall–Kier alpha value is -1.42. The summed E-state index contributed by atoms with van der Waals surface area (Å²) in [6.07, 6.45) is -1.10. The molecule has 0 bridgehead atoms. The normalized spacial score (nSPS) is 28.7. The second-order valence-corrected chi connectivity index (χ2v) is 19.8. The highest BCUT2D eigenvalue weighted by Gasteiger charge is 2.61. The monoisotopic (exact) mass is 527 g/mol. The van der Waals surface area contributed by atoms with E-state index in [1.54, 1.807) is 0 Å². The molecule has 0 amide bonds. The Bertz CT molecular complexity index is 1100. The van der Waals surface area contributed by atoms with E-state index in [4.69, 9.17) is 17.7 Å². The molecule has 4 atom stereocenters. The molecule has 2 aliphatic heterocycles. The Morgan fingerprint density at radius 2 is 1.69 bits per heavy atom. The molecule has 2 aromatic heterocycles. The quantitative estimate of drug-likeness (QED) is 0.564. The van der Waals surface area contributed by atoms with Crippen LogP contribution in [0.2, 0.25) is 22.2 Å². The lowest BCUT2D eigenvalue weighted by molar-refractivity contribution is -0.0569. The van der Waals surface area contributed by atoms with E-state index >= 15 is 0 Å². The molecule has 35 heavy (non-hydrogen) atoms. The van der Waals surface area contributed by atoms with Crippen molar-refractivity contribution in [3.8, 4) is 0 Å². The predicted octanol–water partition coefficient (Wildman–Crippen LogP) is 4.08. The zero-order valence-electron chi connectivity index (χ0n) is 21.7. The van der Waals surface area contributed by atoms with Crippen LogP contribution in [0.3, 0.4) is 0 Å². The average Bonchev–Trinajstić information content (AvgIpc) is 3.24. The number of hydrogen-bond donors (Lipinski definition) is 2. The first-order valence-corrected chi connectivity index (χ1v) is 16.4. The summed E-state index contributed by atoms with van der Waals surface area (Å²) in [5.74, 6) is -0.728. The van der Waals surface area contributed by atoms with Gasteiger partial charge in [0.2, 0.25) is 0 Å². The SMILES string of the molecule is CC(C)[Si]1(C(C)C)OC[C@H]2O[C@@H](n3cc(F)c4c(=O)[nH]cnc43)[C@H](O)[C@H]2O[Si](C(C)C)(C(C)C)O1. The number of aromatic nitrogens is 3. The van der Waals surface area contributed by atoms with Crippen LogP contribution in [-0.2, 0) is 17.7 Å². The molecule has 2 N–H and O–H groups in total. The standard InChI is InChI=1S/C23H38FN3O6Si2/c1-12(2)34(13(3)4)30-10-17-20(32-35(33-34,14(5)6)15(7)8)19(28)23(31-17)27-9-16(24)18-21(27)25-11-26-22(18)29/h9,11-15,17,19-20,23,28H,10H2,1-8H3,(H,25,26,29)/t17-,19-,20+,23-/m1/s1. The fourth-order valence-corrected chi connectivity index (χ4v) is 16.8. The number of aliphatic hydroxyl groups excluding tert-OH is 1. The van der Waals surface area contributed by atoms with Crippen molar-refractivity contribution in [2.24, 2.45) is 0 Å². The minimum atomic E-state index is -2.95. The van der Waals surface area contributed by atoms with Gasteiger partial charge in [-0.2, -0.15) is 0 Å². The van der Waals surface area contributed by atoms with E-state index in [0.717, 1.165) is 6.20 Å². The van der Waals surface area contributed by atoms with Gasteiger partial charge >= 0.3 is 17.1 Å². The van der Waals surface area contributed by atoms with Crippen LogP contribution < -0.4 is 5.56 Å². The number of hydrogen-bond acceptors (Lipinski definition) is 7. The lowest BCUT2D eigenvalue weighted by atomic mass is 10.1. The van der Waals surface area contributed by atoms with Crippen molar-refractivity contribution in [3.05, 3.63) is 28.7 Å². The van der Waals surface area contributed by atoms with E-state index in [9.17, 15) is 14.3 Å². The number of aromatic amines is 1. The molecule has 4 rings (SSSR count). The van der Waals surface area contributed by atoms with Crippen molar-refractivity contribution in [2.75, 3.05) is 6.61 Å². The van der Waals surface area contributed by atoms with Crippen LogP contribution in [0.5, 0.6) is 0 Å². The minimum Gasteiger partial charge on any atom is -0.414 e. The van der Waals surface area contributed by atoms with Gasteiger partial charge in [-0.25, -0.2) is 9.37 Å². The summed E-state index contributed by atoms with van der Waals surface area (Å²) in [7, 11) is -5.71. The molecule has 2 saturated heterocycles.